The second-order valence-corrected chi connectivity index (χ2v) is 9.44. The van der Waals surface area contributed by atoms with Crippen molar-refractivity contribution in [1.29, 1.82) is 0 Å². The molecule has 178 valence electrons. The molecule has 9 heteroatoms. The van der Waals surface area contributed by atoms with Gasteiger partial charge in [-0.3, -0.25) is 18.6 Å². The first-order valence-electron chi connectivity index (χ1n) is 11.3. The molecule has 0 aliphatic carbocycles. The van der Waals surface area contributed by atoms with Gasteiger partial charge in [0.25, 0.3) is 5.56 Å². The molecule has 0 fully saturated rings. The van der Waals surface area contributed by atoms with Crippen LogP contribution in [0, 0.1) is 13.8 Å². The highest BCUT2D eigenvalue weighted by Crippen LogP contribution is 2.22. The molecule has 1 N–H and O–H groups in total. The Kier molecular flexibility index (Phi) is 7.33. The number of fused-ring (bicyclic) bond motifs is 3. The lowest BCUT2D eigenvalue weighted by Gasteiger charge is -2.12. The van der Waals surface area contributed by atoms with Gasteiger partial charge in [0.15, 0.2) is 5.16 Å². The molecule has 0 atom stereocenters. The van der Waals surface area contributed by atoms with Gasteiger partial charge in [0, 0.05) is 18.8 Å². The van der Waals surface area contributed by atoms with Crippen LogP contribution in [-0.4, -0.2) is 43.5 Å². The number of hydrogen-bond donors (Lipinski definition) is 1. The number of anilines is 1. The predicted octanol–water partition coefficient (Wildman–Crippen LogP) is 4.21. The van der Waals surface area contributed by atoms with E-state index in [1.807, 2.05) is 68.5 Å². The molecule has 2 aromatic heterocycles. The predicted molar refractivity (Wildman–Crippen MR) is 136 cm³/mol. The average Bonchev–Trinajstić information content (AvgIpc) is 3.23. The Balaban J connectivity index is 1.59. The number of aromatic nitrogens is 4. The number of nitrogens with one attached hydrogen (secondary N) is 1. The molecule has 1 amide bonds. The molecule has 8 nitrogen and oxygen atoms in total. The van der Waals surface area contributed by atoms with E-state index in [0.29, 0.717) is 35.9 Å². The molecule has 0 radical (unpaired) electrons. The minimum atomic E-state index is -0.131. The quantitative estimate of drug-likeness (QED) is 0.286. The second kappa shape index (κ2) is 10.4. The first-order valence-corrected chi connectivity index (χ1v) is 12.3. The number of amides is 1. The second-order valence-electron chi connectivity index (χ2n) is 8.50. The summed E-state index contributed by atoms with van der Waals surface area (Å²) < 4.78 is 9.12. The summed E-state index contributed by atoms with van der Waals surface area (Å²) in [4.78, 5) is 25.8. The molecular weight excluding hydrogens is 450 g/mol. The van der Waals surface area contributed by atoms with Crippen LogP contribution < -0.4 is 10.9 Å². The van der Waals surface area contributed by atoms with Crippen molar-refractivity contribution >= 4 is 40.0 Å². The zero-order valence-electron chi connectivity index (χ0n) is 19.9. The largest absolute Gasteiger partial charge is 0.379 e. The number of nitrogens with zero attached hydrogens (tertiary/aromatic N) is 4. The van der Waals surface area contributed by atoms with Crippen LogP contribution in [0.4, 0.5) is 5.69 Å². The van der Waals surface area contributed by atoms with E-state index < -0.39 is 0 Å². The average molecular weight is 480 g/mol. The molecule has 0 saturated carbocycles. The summed E-state index contributed by atoms with van der Waals surface area (Å²) in [5.74, 6) is 0.502. The van der Waals surface area contributed by atoms with E-state index in [1.165, 1.54) is 17.3 Å². The standard InChI is InChI=1S/C25H29N5O3S/c1-16(2)33-13-7-12-29-23(32)20-8-5-6-9-21(20)30-24(29)27-28-25(30)34-15-22(31)26-19-11-10-17(3)18(4)14-19/h5-6,8-11,14,16H,7,12-13,15H2,1-4H3,(H,26,31). The van der Waals surface area contributed by atoms with Crippen molar-refractivity contribution in [2.24, 2.45) is 0 Å². The molecule has 2 heterocycles. The fraction of sp³-hybridized carbons (Fsp3) is 0.360. The van der Waals surface area contributed by atoms with Crippen molar-refractivity contribution in [3.05, 3.63) is 63.9 Å². The van der Waals surface area contributed by atoms with Crippen molar-refractivity contribution in [2.45, 2.75) is 51.9 Å². The number of ether oxygens (including phenoxy) is 1. The maximum absolute atomic E-state index is 13.2. The van der Waals surface area contributed by atoms with E-state index in [1.54, 1.807) is 10.6 Å². The third-order valence-electron chi connectivity index (χ3n) is 5.58. The normalized spacial score (nSPS) is 11.6. The van der Waals surface area contributed by atoms with E-state index in [4.69, 9.17) is 4.74 Å². The Hall–Kier alpha value is -3.17. The monoisotopic (exact) mass is 479 g/mol. The maximum Gasteiger partial charge on any atom is 0.262 e. The first-order chi connectivity index (χ1) is 16.3. The lowest BCUT2D eigenvalue weighted by molar-refractivity contribution is -0.113. The van der Waals surface area contributed by atoms with Crippen molar-refractivity contribution in [3.63, 3.8) is 0 Å². The van der Waals surface area contributed by atoms with Crippen LogP contribution in [0.15, 0.2) is 52.4 Å². The highest BCUT2D eigenvalue weighted by Gasteiger charge is 2.17. The molecule has 0 saturated heterocycles. The minimum Gasteiger partial charge on any atom is -0.379 e. The molecule has 0 aliphatic rings. The van der Waals surface area contributed by atoms with Crippen molar-refractivity contribution in [2.75, 3.05) is 17.7 Å². The minimum absolute atomic E-state index is 0.107. The molecule has 2 aromatic carbocycles. The lowest BCUT2D eigenvalue weighted by atomic mass is 10.1. The number of carbonyl (C=O) groups excluding carboxylic acids is 1. The van der Waals surface area contributed by atoms with Gasteiger partial charge in [-0.15, -0.1) is 10.2 Å². The number of para-hydroxylation sites is 1. The third kappa shape index (κ3) is 5.15. The summed E-state index contributed by atoms with van der Waals surface area (Å²) in [5, 5.41) is 12.7. The summed E-state index contributed by atoms with van der Waals surface area (Å²) >= 11 is 1.29. The van der Waals surface area contributed by atoms with Crippen molar-refractivity contribution < 1.29 is 9.53 Å². The summed E-state index contributed by atoms with van der Waals surface area (Å²) in [5.41, 5.74) is 3.68. The molecule has 0 spiro atoms. The smallest absolute Gasteiger partial charge is 0.262 e. The Morgan fingerprint density at radius 1 is 1.12 bits per heavy atom. The maximum atomic E-state index is 13.2. The van der Waals surface area contributed by atoms with Gasteiger partial charge in [-0.1, -0.05) is 30.0 Å². The van der Waals surface area contributed by atoms with E-state index in [2.05, 4.69) is 15.5 Å². The topological polar surface area (TPSA) is 90.5 Å². The highest BCUT2D eigenvalue weighted by molar-refractivity contribution is 7.99. The SMILES string of the molecule is Cc1ccc(NC(=O)CSc2nnc3n(CCCOC(C)C)c(=O)c4ccccc4n23)cc1C. The van der Waals surface area contributed by atoms with Crippen LogP contribution in [0.3, 0.4) is 0 Å². The summed E-state index contributed by atoms with van der Waals surface area (Å²) in [6.07, 6.45) is 0.819. The number of rotatable bonds is 9. The van der Waals surface area contributed by atoms with Crippen LogP contribution in [-0.2, 0) is 16.1 Å². The lowest BCUT2D eigenvalue weighted by Crippen LogP contribution is -2.24. The van der Waals surface area contributed by atoms with Crippen LogP contribution >= 0.6 is 11.8 Å². The zero-order chi connectivity index (χ0) is 24.2. The van der Waals surface area contributed by atoms with Gasteiger partial charge in [0.05, 0.1) is 22.8 Å². The highest BCUT2D eigenvalue weighted by atomic mass is 32.2. The Bertz CT molecular complexity index is 1390. The van der Waals surface area contributed by atoms with E-state index in [0.717, 1.165) is 16.8 Å². The number of hydrogen-bond acceptors (Lipinski definition) is 6. The number of carbonyl (C=O) groups is 1. The molecule has 0 unspecified atom stereocenters. The van der Waals surface area contributed by atoms with E-state index >= 15 is 0 Å². The molecule has 0 aliphatic heterocycles. The van der Waals surface area contributed by atoms with Gasteiger partial charge in [0.1, 0.15) is 0 Å². The van der Waals surface area contributed by atoms with Crippen LogP contribution in [0.1, 0.15) is 31.4 Å². The summed E-state index contributed by atoms with van der Waals surface area (Å²) in [6.45, 7) is 9.04. The van der Waals surface area contributed by atoms with Crippen LogP contribution in [0.2, 0.25) is 0 Å². The Morgan fingerprint density at radius 2 is 1.91 bits per heavy atom. The van der Waals surface area contributed by atoms with Gasteiger partial charge < -0.3 is 10.1 Å². The van der Waals surface area contributed by atoms with Gasteiger partial charge in [0.2, 0.25) is 11.7 Å². The van der Waals surface area contributed by atoms with Gasteiger partial charge >= 0.3 is 0 Å². The Morgan fingerprint density at radius 3 is 2.68 bits per heavy atom. The molecule has 0 bridgehead atoms. The number of thioether (sulfide) groups is 1. The molecular formula is C25H29N5O3S. The summed E-state index contributed by atoms with van der Waals surface area (Å²) in [7, 11) is 0. The van der Waals surface area contributed by atoms with Crippen molar-refractivity contribution in [1.82, 2.24) is 19.2 Å². The van der Waals surface area contributed by atoms with Gasteiger partial charge in [-0.2, -0.15) is 0 Å². The number of benzene rings is 2. The first kappa shape index (κ1) is 24.0. The van der Waals surface area contributed by atoms with Crippen LogP contribution in [0.5, 0.6) is 0 Å². The third-order valence-corrected chi connectivity index (χ3v) is 6.51. The number of aryl methyl sites for hydroxylation is 3. The van der Waals surface area contributed by atoms with E-state index in [-0.39, 0.29) is 23.3 Å². The Labute approximate surface area is 202 Å². The fourth-order valence-corrected chi connectivity index (χ4v) is 4.46. The molecule has 4 rings (SSSR count). The van der Waals surface area contributed by atoms with Crippen LogP contribution in [0.25, 0.3) is 16.7 Å². The summed E-state index contributed by atoms with van der Waals surface area (Å²) in [6, 6.07) is 13.2. The van der Waals surface area contributed by atoms with Gasteiger partial charge in [-0.05, 0) is 69.5 Å². The van der Waals surface area contributed by atoms with Gasteiger partial charge in [-0.25, -0.2) is 0 Å². The van der Waals surface area contributed by atoms with Crippen molar-refractivity contribution in [3.8, 4) is 0 Å². The zero-order valence-corrected chi connectivity index (χ0v) is 20.7. The van der Waals surface area contributed by atoms with E-state index in [9.17, 15) is 9.59 Å². The molecule has 4 aromatic rings. The fourth-order valence-electron chi connectivity index (χ4n) is 3.72. The molecule has 34 heavy (non-hydrogen) atoms.